The van der Waals surface area contributed by atoms with Crippen molar-refractivity contribution in [3.05, 3.63) is 0 Å². The van der Waals surface area contributed by atoms with Gasteiger partial charge in [-0.25, -0.2) is 0 Å². The van der Waals surface area contributed by atoms with Crippen molar-refractivity contribution in [3.8, 4) is 0 Å². The van der Waals surface area contributed by atoms with E-state index in [4.69, 9.17) is 28.7 Å². The number of carbonyl (C=O) groups is 10. The highest BCUT2D eigenvalue weighted by Gasteiger charge is 2.38. The Hall–Kier alpha value is -5.62. The maximum absolute atomic E-state index is 14.3. The lowest BCUT2D eigenvalue weighted by molar-refractivity contribution is -0.137. The highest BCUT2D eigenvalue weighted by atomic mass is 16.3. The zero-order valence-corrected chi connectivity index (χ0v) is 44.6. The zero-order chi connectivity index (χ0) is 57.1. The summed E-state index contributed by atoms with van der Waals surface area (Å²) in [5.41, 5.74) is 29.5. The molecule has 1 aliphatic rings. The molecule has 14 atom stereocenters. The van der Waals surface area contributed by atoms with Crippen LogP contribution in [0.1, 0.15) is 113 Å². The van der Waals surface area contributed by atoms with Gasteiger partial charge in [-0.1, -0.05) is 40.5 Å². The van der Waals surface area contributed by atoms with Crippen LogP contribution in [0.15, 0.2) is 0 Å². The van der Waals surface area contributed by atoms with E-state index >= 15 is 0 Å². The first kappa shape index (κ1) is 67.4. The van der Waals surface area contributed by atoms with Gasteiger partial charge in [0.25, 0.3) is 0 Å². The highest BCUT2D eigenvalue weighted by molar-refractivity contribution is 5.99. The fourth-order valence-corrected chi connectivity index (χ4v) is 8.20. The number of nitrogens with two attached hydrogens (primary N) is 5. The second-order valence-electron chi connectivity index (χ2n) is 19.5. The second kappa shape index (κ2) is 34.9. The van der Waals surface area contributed by atoms with Crippen LogP contribution in [0.25, 0.3) is 0 Å². The summed E-state index contributed by atoms with van der Waals surface area (Å²) in [7, 11) is 0. The number of rotatable bonds is 24. The van der Waals surface area contributed by atoms with Crippen molar-refractivity contribution in [1.82, 2.24) is 53.2 Å². The highest BCUT2D eigenvalue weighted by Crippen LogP contribution is 2.17. The van der Waals surface area contributed by atoms with Crippen molar-refractivity contribution in [3.63, 3.8) is 0 Å². The van der Waals surface area contributed by atoms with Crippen molar-refractivity contribution >= 4 is 59.1 Å². The Morgan fingerprint density at radius 1 is 0.600 bits per heavy atom. The van der Waals surface area contributed by atoms with Gasteiger partial charge in [0.15, 0.2) is 0 Å². The van der Waals surface area contributed by atoms with E-state index in [1.807, 2.05) is 13.8 Å². The average Bonchev–Trinajstić information content (AvgIpc) is 3.33. The molecule has 1 aliphatic heterocycles. The lowest BCUT2D eigenvalue weighted by Gasteiger charge is -2.29. The maximum Gasteiger partial charge on any atom is 0.245 e. The Bertz CT molecular complexity index is 1880. The predicted molar refractivity (Wildman–Crippen MR) is 275 cm³/mol. The molecule has 1 rings (SSSR count). The second-order valence-corrected chi connectivity index (χ2v) is 19.5. The Morgan fingerprint density at radius 3 is 1.52 bits per heavy atom. The van der Waals surface area contributed by atoms with E-state index in [1.165, 1.54) is 20.8 Å². The van der Waals surface area contributed by atoms with Crippen molar-refractivity contribution in [2.45, 2.75) is 191 Å². The smallest absolute Gasteiger partial charge is 0.245 e. The Morgan fingerprint density at radius 2 is 1.07 bits per heavy atom. The molecule has 0 radical (unpaired) electrons. The molecule has 10 amide bonds. The molecule has 1 saturated heterocycles. The minimum absolute atomic E-state index is 0.0245. The molecule has 0 saturated carbocycles. The maximum atomic E-state index is 14.3. The zero-order valence-electron chi connectivity index (χ0n) is 44.6. The number of aliphatic hydroxyl groups excluding tert-OH is 3. The normalized spacial score (nSPS) is 25.0. The summed E-state index contributed by atoms with van der Waals surface area (Å²) in [4.78, 5) is 138. The van der Waals surface area contributed by atoms with E-state index in [9.17, 15) is 63.3 Å². The van der Waals surface area contributed by atoms with E-state index in [0.29, 0.717) is 6.42 Å². The van der Waals surface area contributed by atoms with Crippen molar-refractivity contribution in [2.75, 3.05) is 32.7 Å². The first-order chi connectivity index (χ1) is 35.3. The molecular weight excluding hydrogens is 983 g/mol. The summed E-state index contributed by atoms with van der Waals surface area (Å²) < 4.78 is 0. The van der Waals surface area contributed by atoms with Crippen LogP contribution < -0.4 is 81.8 Å². The molecular formula is C47H89N15O13. The van der Waals surface area contributed by atoms with Crippen LogP contribution >= 0.6 is 0 Å². The van der Waals surface area contributed by atoms with Gasteiger partial charge in [-0.15, -0.1) is 0 Å². The molecule has 0 spiro atoms. The summed E-state index contributed by atoms with van der Waals surface area (Å²) in [6.07, 6.45) is -3.73. The minimum Gasteiger partial charge on any atom is -0.391 e. The molecule has 0 aliphatic carbocycles. The largest absolute Gasteiger partial charge is 0.391 e. The van der Waals surface area contributed by atoms with Gasteiger partial charge in [0, 0.05) is 19.0 Å². The summed E-state index contributed by atoms with van der Waals surface area (Å²) >= 11 is 0. The number of nitrogens with one attached hydrogen (secondary N) is 10. The molecule has 0 aromatic rings. The Labute approximate surface area is 439 Å². The molecule has 23 N–H and O–H groups in total. The number of carbonyl (C=O) groups excluding carboxylic acids is 10. The standard InChI is InChI=1S/C47H89N15O13/c1-8-10-27(9-2)28(52)22-35(66)60-37(25(6)64)46(74)57-31(13-18-50)40(68)56-33-15-20-53-45(73)36(24(5)63)61-43(71)32(14-19-51)55-39(67)30(12-17-49)58-47(75)38(26(7)65)62-44(72)34(21-23(3)4)59-41(69)29(11-16-48)54-42(33)70/h23-34,36-38,63-65H,8-22,48-52H2,1-7H3,(H,53,73)(H,54,70)(H,55,67)(H,56,68)(H,57,74)(H,58,75)(H,59,69)(H,60,66)(H,61,71)(H,62,72)/t24?,25?,26?,27?,28?,29-,30-,31-,32-,33-,34+,36-,37-,38-/m0/s1. The number of amides is 10. The molecule has 0 aromatic heterocycles. The third kappa shape index (κ3) is 23.4. The van der Waals surface area contributed by atoms with Gasteiger partial charge in [-0.05, 0) is 104 Å². The van der Waals surface area contributed by atoms with Crippen molar-refractivity contribution in [2.24, 2.45) is 40.5 Å². The third-order valence-electron chi connectivity index (χ3n) is 12.5. The van der Waals surface area contributed by atoms with Crippen molar-refractivity contribution in [1.29, 1.82) is 0 Å². The lowest BCUT2D eigenvalue weighted by atomic mass is 9.90. The van der Waals surface area contributed by atoms with Crippen molar-refractivity contribution < 1.29 is 63.3 Å². The van der Waals surface area contributed by atoms with Crippen LogP contribution in [0.5, 0.6) is 0 Å². The van der Waals surface area contributed by atoms with Crippen LogP contribution in [0, 0.1) is 11.8 Å². The first-order valence-corrected chi connectivity index (χ1v) is 25.9. The summed E-state index contributed by atoms with van der Waals surface area (Å²) in [5.74, 6) is -9.66. The van der Waals surface area contributed by atoms with Gasteiger partial charge in [0.2, 0.25) is 59.1 Å². The van der Waals surface area contributed by atoms with E-state index in [1.54, 1.807) is 13.8 Å². The van der Waals surface area contributed by atoms with Gasteiger partial charge in [0.05, 0.1) is 18.3 Å². The summed E-state index contributed by atoms with van der Waals surface area (Å²) in [5, 5.41) is 56.7. The van der Waals surface area contributed by atoms with E-state index in [-0.39, 0.29) is 76.5 Å². The van der Waals surface area contributed by atoms with Crippen LogP contribution in [0.2, 0.25) is 0 Å². The topological polar surface area (TPSA) is 482 Å². The van der Waals surface area contributed by atoms with Crippen LogP contribution in [-0.2, 0) is 47.9 Å². The first-order valence-electron chi connectivity index (χ1n) is 25.9. The monoisotopic (exact) mass is 1070 g/mol. The lowest BCUT2D eigenvalue weighted by Crippen LogP contribution is -2.62. The number of hydrogen-bond acceptors (Lipinski definition) is 18. The molecule has 5 unspecified atom stereocenters. The van der Waals surface area contributed by atoms with Gasteiger partial charge in [-0.2, -0.15) is 0 Å². The van der Waals surface area contributed by atoms with Gasteiger partial charge in [0.1, 0.15) is 54.4 Å². The van der Waals surface area contributed by atoms with E-state index < -0.39 is 151 Å². The average molecular weight is 1070 g/mol. The van der Waals surface area contributed by atoms with Crippen LogP contribution in [-0.4, -0.2) is 186 Å². The molecule has 1 heterocycles. The summed E-state index contributed by atoms with van der Waals surface area (Å²) in [6, 6.07) is -14.4. The quantitative estimate of drug-likeness (QED) is 0.0427. The third-order valence-corrected chi connectivity index (χ3v) is 12.5. The van der Waals surface area contributed by atoms with Crippen LogP contribution in [0.3, 0.4) is 0 Å². The van der Waals surface area contributed by atoms with Crippen LogP contribution in [0.4, 0.5) is 0 Å². The van der Waals surface area contributed by atoms with Gasteiger partial charge >= 0.3 is 0 Å². The van der Waals surface area contributed by atoms with Gasteiger partial charge in [-0.3, -0.25) is 47.9 Å². The summed E-state index contributed by atoms with van der Waals surface area (Å²) in [6.45, 7) is 9.89. The molecule has 1 fully saturated rings. The Kier molecular flexibility index (Phi) is 31.3. The molecule has 430 valence electrons. The molecule has 28 heteroatoms. The SMILES string of the molecule is CCCC(CC)C(N)CC(=O)N[C@H](C(=O)N[C@@H](CCN)C(=O)N[C@H]1CCNC(=O)[C@H](C(C)O)NC(=O)[C@H](CCN)NC(=O)[C@H](CCN)NC(=O)[C@H](C(C)O)NC(=O)[C@@H](CC(C)C)NC(=O)[C@H](CCN)NC1=O)C(C)O. The molecule has 0 bridgehead atoms. The molecule has 0 aromatic carbocycles. The molecule has 75 heavy (non-hydrogen) atoms. The molecule has 28 nitrogen and oxygen atoms in total. The van der Waals surface area contributed by atoms with E-state index in [2.05, 4.69) is 53.2 Å². The number of aliphatic hydroxyl groups is 3. The Balaban J connectivity index is 3.84. The van der Waals surface area contributed by atoms with Gasteiger partial charge < -0.3 is 97.2 Å². The minimum atomic E-state index is -1.71. The fraction of sp³-hybridized carbons (Fsp3) is 0.787. The fourth-order valence-electron chi connectivity index (χ4n) is 8.20. The van der Waals surface area contributed by atoms with E-state index in [0.717, 1.165) is 12.8 Å². The number of hydrogen-bond donors (Lipinski definition) is 18. The predicted octanol–water partition coefficient (Wildman–Crippen LogP) is -7.00.